The van der Waals surface area contributed by atoms with Crippen molar-refractivity contribution in [1.82, 2.24) is 10.6 Å². The van der Waals surface area contributed by atoms with Gasteiger partial charge in [-0.05, 0) is 12.1 Å². The molecule has 2 rings (SSSR count). The third kappa shape index (κ3) is 5.12. The van der Waals surface area contributed by atoms with Crippen molar-refractivity contribution >= 4 is 23.4 Å². The lowest BCUT2D eigenvalue weighted by atomic mass is 10.1. The molecule has 27 heavy (non-hydrogen) atoms. The average Bonchev–Trinajstić information content (AvgIpc) is 3.05. The number of hydrogen-bond donors (Lipinski definition) is 2. The maximum atomic E-state index is 12.4. The fourth-order valence-corrected chi connectivity index (χ4v) is 2.85. The maximum Gasteiger partial charge on any atom is 0.227 e. The van der Waals surface area contributed by atoms with Crippen LogP contribution in [-0.2, 0) is 14.4 Å². The van der Waals surface area contributed by atoms with Crippen LogP contribution in [0, 0.1) is 11.8 Å². The Kier molecular flexibility index (Phi) is 7.04. The Balaban J connectivity index is 1.91. The van der Waals surface area contributed by atoms with Gasteiger partial charge in [0.1, 0.15) is 0 Å². The van der Waals surface area contributed by atoms with Crippen molar-refractivity contribution in [3.8, 4) is 11.5 Å². The summed E-state index contributed by atoms with van der Waals surface area (Å²) in [5.41, 5.74) is 0.664. The normalized spacial score (nSPS) is 16.4. The van der Waals surface area contributed by atoms with E-state index in [1.165, 1.54) is 7.11 Å². The van der Waals surface area contributed by atoms with Crippen LogP contribution in [0.25, 0.3) is 0 Å². The van der Waals surface area contributed by atoms with E-state index in [-0.39, 0.29) is 30.1 Å². The quantitative estimate of drug-likeness (QED) is 0.658. The zero-order valence-corrected chi connectivity index (χ0v) is 16.2. The van der Waals surface area contributed by atoms with Crippen LogP contribution in [-0.4, -0.2) is 51.6 Å². The lowest BCUT2D eigenvalue weighted by Gasteiger charge is -2.18. The predicted octanol–water partition coefficient (Wildman–Crippen LogP) is 0.945. The molecule has 1 fully saturated rings. The van der Waals surface area contributed by atoms with E-state index >= 15 is 0 Å². The van der Waals surface area contributed by atoms with Gasteiger partial charge in [-0.3, -0.25) is 14.4 Å². The van der Waals surface area contributed by atoms with Gasteiger partial charge in [0.05, 0.1) is 20.1 Å². The molecule has 1 saturated heterocycles. The summed E-state index contributed by atoms with van der Waals surface area (Å²) in [5, 5.41) is 5.51. The second-order valence-electron chi connectivity index (χ2n) is 6.68. The number of ether oxygens (including phenoxy) is 2. The summed E-state index contributed by atoms with van der Waals surface area (Å²) in [6, 6.07) is 5.21. The molecule has 2 N–H and O–H groups in total. The standard InChI is InChI=1S/C19H27N3O5/c1-12(2)18(24)20-7-8-21-19(25)13-9-17(23)22(11-13)14-5-6-15(26-3)16(10-14)27-4/h5-6,10,12-13H,7-9,11H2,1-4H3,(H,20,24)(H,21,25). The first kappa shape index (κ1) is 20.5. The minimum atomic E-state index is -0.425. The van der Waals surface area contributed by atoms with Gasteiger partial charge in [-0.15, -0.1) is 0 Å². The first-order valence-corrected chi connectivity index (χ1v) is 8.95. The summed E-state index contributed by atoms with van der Waals surface area (Å²) < 4.78 is 10.5. The van der Waals surface area contributed by atoms with E-state index in [0.29, 0.717) is 36.8 Å². The van der Waals surface area contributed by atoms with Crippen LogP contribution < -0.4 is 25.0 Å². The second kappa shape index (κ2) is 9.25. The van der Waals surface area contributed by atoms with Gasteiger partial charge >= 0.3 is 0 Å². The van der Waals surface area contributed by atoms with Gasteiger partial charge in [-0.2, -0.15) is 0 Å². The molecule has 1 aromatic carbocycles. The van der Waals surface area contributed by atoms with Crippen LogP contribution in [0.3, 0.4) is 0 Å². The van der Waals surface area contributed by atoms with Crippen molar-refractivity contribution in [2.45, 2.75) is 20.3 Å². The molecule has 0 aromatic heterocycles. The Hall–Kier alpha value is -2.77. The maximum absolute atomic E-state index is 12.4. The number of benzene rings is 1. The van der Waals surface area contributed by atoms with Crippen molar-refractivity contribution in [3.63, 3.8) is 0 Å². The first-order chi connectivity index (χ1) is 12.9. The van der Waals surface area contributed by atoms with Gasteiger partial charge in [-0.25, -0.2) is 0 Å². The highest BCUT2D eigenvalue weighted by atomic mass is 16.5. The highest BCUT2D eigenvalue weighted by molar-refractivity contribution is 6.00. The smallest absolute Gasteiger partial charge is 0.227 e. The number of hydrogen-bond acceptors (Lipinski definition) is 5. The van der Waals surface area contributed by atoms with Crippen LogP contribution in [0.5, 0.6) is 11.5 Å². The molecular weight excluding hydrogens is 350 g/mol. The summed E-state index contributed by atoms with van der Waals surface area (Å²) >= 11 is 0. The van der Waals surface area contributed by atoms with Gasteiger partial charge in [-0.1, -0.05) is 13.8 Å². The molecule has 1 aliphatic heterocycles. The third-order valence-corrected chi connectivity index (χ3v) is 4.42. The SMILES string of the molecule is COc1ccc(N2CC(C(=O)NCCNC(=O)C(C)C)CC2=O)cc1OC. The van der Waals surface area contributed by atoms with Crippen LogP contribution in [0.4, 0.5) is 5.69 Å². The van der Waals surface area contributed by atoms with Crippen LogP contribution in [0.1, 0.15) is 20.3 Å². The number of methoxy groups -OCH3 is 2. The van der Waals surface area contributed by atoms with Crippen molar-refractivity contribution in [2.75, 3.05) is 38.8 Å². The zero-order valence-electron chi connectivity index (χ0n) is 16.2. The minimum absolute atomic E-state index is 0.0556. The number of nitrogens with one attached hydrogen (secondary N) is 2. The number of anilines is 1. The number of nitrogens with zero attached hydrogens (tertiary/aromatic N) is 1. The van der Waals surface area contributed by atoms with Crippen LogP contribution in [0.2, 0.25) is 0 Å². The molecule has 8 nitrogen and oxygen atoms in total. The Morgan fingerprint density at radius 2 is 1.81 bits per heavy atom. The van der Waals surface area contributed by atoms with Crippen LogP contribution in [0.15, 0.2) is 18.2 Å². The first-order valence-electron chi connectivity index (χ1n) is 8.95. The molecule has 0 saturated carbocycles. The molecule has 8 heteroatoms. The average molecular weight is 377 g/mol. The molecular formula is C19H27N3O5. The van der Waals surface area contributed by atoms with E-state index in [0.717, 1.165) is 0 Å². The van der Waals surface area contributed by atoms with Crippen molar-refractivity contribution < 1.29 is 23.9 Å². The third-order valence-electron chi connectivity index (χ3n) is 4.42. The predicted molar refractivity (Wildman–Crippen MR) is 101 cm³/mol. The lowest BCUT2D eigenvalue weighted by molar-refractivity contribution is -0.126. The van der Waals surface area contributed by atoms with Gasteiger partial charge < -0.3 is 25.0 Å². The van der Waals surface area contributed by atoms with E-state index in [2.05, 4.69) is 10.6 Å². The molecule has 0 bridgehead atoms. The summed E-state index contributed by atoms with van der Waals surface area (Å²) in [7, 11) is 3.07. The molecule has 0 spiro atoms. The molecule has 1 atom stereocenters. The highest BCUT2D eigenvalue weighted by Crippen LogP contribution is 2.34. The number of carbonyl (C=O) groups excluding carboxylic acids is 3. The Morgan fingerprint density at radius 1 is 1.15 bits per heavy atom. The van der Waals surface area contributed by atoms with Crippen molar-refractivity contribution in [3.05, 3.63) is 18.2 Å². The Morgan fingerprint density at radius 3 is 2.44 bits per heavy atom. The molecule has 148 valence electrons. The van der Waals surface area contributed by atoms with Gasteiger partial charge in [0.15, 0.2) is 11.5 Å². The summed E-state index contributed by atoms with van der Waals surface area (Å²) in [6.45, 7) is 4.61. The monoisotopic (exact) mass is 377 g/mol. The van der Waals surface area contributed by atoms with E-state index in [1.807, 2.05) is 0 Å². The molecule has 1 aromatic rings. The number of rotatable bonds is 8. The molecule has 1 aliphatic rings. The van der Waals surface area contributed by atoms with Gasteiger partial charge in [0.2, 0.25) is 17.7 Å². The van der Waals surface area contributed by atoms with E-state index in [9.17, 15) is 14.4 Å². The zero-order chi connectivity index (χ0) is 20.0. The Labute approximate surface area is 159 Å². The summed E-state index contributed by atoms with van der Waals surface area (Å²) in [6.07, 6.45) is 0.151. The molecule has 0 aliphatic carbocycles. The van der Waals surface area contributed by atoms with Crippen LogP contribution >= 0.6 is 0 Å². The molecule has 1 unspecified atom stereocenters. The van der Waals surface area contributed by atoms with E-state index in [4.69, 9.17) is 9.47 Å². The second-order valence-corrected chi connectivity index (χ2v) is 6.68. The van der Waals surface area contributed by atoms with E-state index in [1.54, 1.807) is 44.1 Å². The van der Waals surface area contributed by atoms with Crippen molar-refractivity contribution in [2.24, 2.45) is 11.8 Å². The number of carbonyl (C=O) groups is 3. The topological polar surface area (TPSA) is 97.0 Å². The Bertz CT molecular complexity index is 705. The van der Waals surface area contributed by atoms with Crippen molar-refractivity contribution in [1.29, 1.82) is 0 Å². The molecule has 3 amide bonds. The van der Waals surface area contributed by atoms with Gasteiger partial charge in [0, 0.05) is 43.7 Å². The molecule has 0 radical (unpaired) electrons. The summed E-state index contributed by atoms with van der Waals surface area (Å²) in [4.78, 5) is 37.7. The molecule has 1 heterocycles. The number of amides is 3. The van der Waals surface area contributed by atoms with Gasteiger partial charge in [0.25, 0.3) is 0 Å². The fraction of sp³-hybridized carbons (Fsp3) is 0.526. The van der Waals surface area contributed by atoms with E-state index < -0.39 is 5.92 Å². The lowest BCUT2D eigenvalue weighted by Crippen LogP contribution is -2.39. The largest absolute Gasteiger partial charge is 0.493 e. The summed E-state index contributed by atoms with van der Waals surface area (Å²) in [5.74, 6) is 0.220. The fourth-order valence-electron chi connectivity index (χ4n) is 2.85. The minimum Gasteiger partial charge on any atom is -0.493 e. The highest BCUT2D eigenvalue weighted by Gasteiger charge is 2.35.